The highest BCUT2D eigenvalue weighted by Crippen LogP contribution is 2.48. The van der Waals surface area contributed by atoms with Crippen molar-refractivity contribution < 1.29 is 39.9 Å². The van der Waals surface area contributed by atoms with Crippen molar-refractivity contribution in [2.45, 2.75) is 29.4 Å². The molecule has 0 spiro atoms. The molecule has 25 heavy (non-hydrogen) atoms. The fourth-order valence-electron chi connectivity index (χ4n) is 2.18. The van der Waals surface area contributed by atoms with E-state index < -0.39 is 42.7 Å². The number of nitrogens with zero attached hydrogens (tertiary/aromatic N) is 2. The zero-order valence-corrected chi connectivity index (χ0v) is 14.3. The van der Waals surface area contributed by atoms with Gasteiger partial charge in [-0.05, 0) is 7.05 Å². The Hall–Kier alpha value is -0.330. The van der Waals surface area contributed by atoms with Crippen molar-refractivity contribution in [3.05, 3.63) is 0 Å². The van der Waals surface area contributed by atoms with Crippen molar-refractivity contribution in [2.24, 2.45) is 0 Å². The second-order valence-corrected chi connectivity index (χ2v) is 6.71. The van der Waals surface area contributed by atoms with Gasteiger partial charge in [0, 0.05) is 38.0 Å². The van der Waals surface area contributed by atoms with Crippen LogP contribution in [0.5, 0.6) is 0 Å². The zero-order valence-electron chi connectivity index (χ0n) is 13.4. The van der Waals surface area contributed by atoms with Crippen molar-refractivity contribution in [1.29, 1.82) is 0 Å². The highest BCUT2D eigenvalue weighted by Gasteiger charge is 2.75. The van der Waals surface area contributed by atoms with Crippen molar-refractivity contribution in [1.82, 2.24) is 9.80 Å². The number of alkyl halides is 8. The minimum atomic E-state index is -6.24. The fraction of sp³-hybridized carbons (Fsp3) is 1.00. The van der Waals surface area contributed by atoms with Crippen LogP contribution in [0.1, 0.15) is 0 Å². The monoisotopic (exact) mass is 404 g/mol. The zero-order chi connectivity index (χ0) is 19.5. The summed E-state index contributed by atoms with van der Waals surface area (Å²) in [7, 11) is 1.93. The molecule has 150 valence electrons. The van der Waals surface area contributed by atoms with Crippen LogP contribution in [-0.2, 0) is 4.74 Å². The lowest BCUT2D eigenvalue weighted by molar-refractivity contribution is -0.345. The van der Waals surface area contributed by atoms with Crippen molar-refractivity contribution in [3.63, 3.8) is 0 Å². The van der Waals surface area contributed by atoms with Gasteiger partial charge < -0.3 is 9.64 Å². The number of piperazine rings is 1. The van der Waals surface area contributed by atoms with Gasteiger partial charge in [-0.25, -0.2) is 8.78 Å². The minimum absolute atomic E-state index is 0.326. The molecule has 1 aliphatic rings. The third-order valence-electron chi connectivity index (χ3n) is 3.81. The summed E-state index contributed by atoms with van der Waals surface area (Å²) < 4.78 is 106. The Labute approximate surface area is 145 Å². The number of likely N-dealkylation sites (N-methyl/N-ethyl adjacent to an activating group) is 1. The van der Waals surface area contributed by atoms with Gasteiger partial charge in [-0.1, -0.05) is 0 Å². The van der Waals surface area contributed by atoms with E-state index in [0.717, 1.165) is 13.1 Å². The number of thiol groups is 1. The van der Waals surface area contributed by atoms with Crippen molar-refractivity contribution in [3.8, 4) is 0 Å². The molecule has 0 amide bonds. The van der Waals surface area contributed by atoms with Crippen LogP contribution >= 0.6 is 12.6 Å². The molecule has 0 radical (unpaired) electrons. The quantitative estimate of drug-likeness (QED) is 0.470. The Bertz CT molecular complexity index is 419. The van der Waals surface area contributed by atoms with Crippen LogP contribution in [0.2, 0.25) is 0 Å². The lowest BCUT2D eigenvalue weighted by Gasteiger charge is -2.34. The van der Waals surface area contributed by atoms with Gasteiger partial charge in [0.2, 0.25) is 0 Å². The highest BCUT2D eigenvalue weighted by molar-refractivity contribution is 7.81. The molecule has 0 bridgehead atoms. The van der Waals surface area contributed by atoms with Gasteiger partial charge in [-0.2, -0.15) is 39.0 Å². The summed E-state index contributed by atoms with van der Waals surface area (Å²) >= 11 is 4.07. The van der Waals surface area contributed by atoms with Crippen LogP contribution in [-0.4, -0.2) is 92.2 Å². The Kier molecular flexibility index (Phi) is 7.79. The fourth-order valence-corrected chi connectivity index (χ4v) is 2.51. The van der Waals surface area contributed by atoms with Gasteiger partial charge in [-0.3, -0.25) is 4.90 Å². The number of hydrogen-bond donors (Lipinski definition) is 1. The molecule has 0 N–H and O–H groups in total. The standard InChI is InChI=1S/C13H20F8N2OS/c1-22-2-4-23(5-3-22)6-9(25)7-24-8-11(16,17)13(20,21)12(18,19)10(14)15/h9-10,25H,2-8H2,1H3. The molecular formula is C13H20F8N2OS. The average Bonchev–Trinajstić information content (AvgIpc) is 2.48. The van der Waals surface area contributed by atoms with Gasteiger partial charge in [0.05, 0.1) is 6.61 Å². The summed E-state index contributed by atoms with van der Waals surface area (Å²) in [5.74, 6) is -17.9. The number of halogens is 8. The van der Waals surface area contributed by atoms with E-state index in [4.69, 9.17) is 0 Å². The van der Waals surface area contributed by atoms with Gasteiger partial charge in [-0.15, -0.1) is 0 Å². The molecule has 0 aliphatic carbocycles. The van der Waals surface area contributed by atoms with E-state index in [0.29, 0.717) is 19.6 Å². The van der Waals surface area contributed by atoms with E-state index >= 15 is 0 Å². The molecule has 12 heteroatoms. The Morgan fingerprint density at radius 1 is 1.00 bits per heavy atom. The SMILES string of the molecule is CN1CCN(CC(S)COCC(F)(F)C(F)(F)C(F)(F)C(F)F)CC1. The number of rotatable bonds is 9. The lowest BCUT2D eigenvalue weighted by Crippen LogP contribution is -2.59. The van der Waals surface area contributed by atoms with Crippen molar-refractivity contribution in [2.75, 3.05) is 53.0 Å². The predicted octanol–water partition coefficient (Wildman–Crippen LogP) is 2.72. The van der Waals surface area contributed by atoms with Gasteiger partial charge in [0.1, 0.15) is 6.61 Å². The van der Waals surface area contributed by atoms with E-state index in [1.807, 2.05) is 11.9 Å². The van der Waals surface area contributed by atoms with Crippen LogP contribution < -0.4 is 0 Å². The Morgan fingerprint density at radius 3 is 2.00 bits per heavy atom. The first-order valence-electron chi connectivity index (χ1n) is 7.39. The summed E-state index contributed by atoms with van der Waals surface area (Å²) in [4.78, 5) is 4.03. The molecule has 0 aromatic heterocycles. The summed E-state index contributed by atoms with van der Waals surface area (Å²) in [6, 6.07) is 0. The third kappa shape index (κ3) is 5.57. The topological polar surface area (TPSA) is 15.7 Å². The highest BCUT2D eigenvalue weighted by atomic mass is 32.1. The normalized spacial score (nSPS) is 20.3. The molecule has 1 fully saturated rings. The minimum Gasteiger partial charge on any atom is -0.374 e. The Balaban J connectivity index is 2.47. The molecule has 1 unspecified atom stereocenters. The van der Waals surface area contributed by atoms with E-state index in [-0.39, 0.29) is 0 Å². The first-order chi connectivity index (χ1) is 11.3. The van der Waals surface area contributed by atoms with Crippen molar-refractivity contribution >= 4 is 12.6 Å². The molecule has 1 rings (SSSR count). The van der Waals surface area contributed by atoms with Crippen LogP contribution in [0.4, 0.5) is 35.1 Å². The smallest absolute Gasteiger partial charge is 0.374 e. The number of ether oxygens (including phenoxy) is 1. The summed E-state index contributed by atoms with van der Waals surface area (Å²) in [6.07, 6.45) is -4.93. The van der Waals surface area contributed by atoms with Gasteiger partial charge in [0.15, 0.2) is 0 Å². The summed E-state index contributed by atoms with van der Waals surface area (Å²) in [6.45, 7) is 0.670. The molecule has 0 saturated carbocycles. The summed E-state index contributed by atoms with van der Waals surface area (Å²) in [5.41, 5.74) is 0. The molecule has 1 saturated heterocycles. The first-order valence-corrected chi connectivity index (χ1v) is 7.91. The van der Waals surface area contributed by atoms with Crippen LogP contribution in [0, 0.1) is 0 Å². The van der Waals surface area contributed by atoms with E-state index in [1.165, 1.54) is 0 Å². The Morgan fingerprint density at radius 2 is 1.52 bits per heavy atom. The molecule has 0 aromatic carbocycles. The number of hydrogen-bond acceptors (Lipinski definition) is 4. The van der Waals surface area contributed by atoms with E-state index in [1.54, 1.807) is 0 Å². The molecule has 3 nitrogen and oxygen atoms in total. The summed E-state index contributed by atoms with van der Waals surface area (Å²) in [5, 5.41) is -0.622. The molecule has 1 heterocycles. The lowest BCUT2D eigenvalue weighted by atomic mass is 10.1. The van der Waals surface area contributed by atoms with E-state index in [9.17, 15) is 35.1 Å². The van der Waals surface area contributed by atoms with Crippen LogP contribution in [0.25, 0.3) is 0 Å². The molecular weight excluding hydrogens is 384 g/mol. The molecule has 0 aromatic rings. The van der Waals surface area contributed by atoms with Crippen LogP contribution in [0.3, 0.4) is 0 Å². The average molecular weight is 404 g/mol. The second kappa shape index (κ2) is 8.57. The maximum Gasteiger partial charge on any atom is 0.380 e. The maximum absolute atomic E-state index is 13.3. The maximum atomic E-state index is 13.3. The van der Waals surface area contributed by atoms with Gasteiger partial charge in [0.25, 0.3) is 0 Å². The largest absolute Gasteiger partial charge is 0.380 e. The first kappa shape index (κ1) is 22.7. The third-order valence-corrected chi connectivity index (χ3v) is 4.12. The second-order valence-electron chi connectivity index (χ2n) is 5.98. The van der Waals surface area contributed by atoms with Gasteiger partial charge >= 0.3 is 24.2 Å². The molecule has 1 atom stereocenters. The van der Waals surface area contributed by atoms with Crippen LogP contribution in [0.15, 0.2) is 0 Å². The molecule has 1 aliphatic heterocycles. The predicted molar refractivity (Wildman–Crippen MR) is 78.4 cm³/mol. The van der Waals surface area contributed by atoms with E-state index in [2.05, 4.69) is 22.3 Å².